The van der Waals surface area contributed by atoms with Crippen molar-refractivity contribution in [3.63, 3.8) is 0 Å². The van der Waals surface area contributed by atoms with Crippen LogP contribution in [0.15, 0.2) is 12.4 Å². The molecule has 1 aromatic heterocycles. The average Bonchev–Trinajstić information content (AvgIpc) is 2.93. The summed E-state index contributed by atoms with van der Waals surface area (Å²) in [6, 6.07) is 0. The zero-order valence-corrected chi connectivity index (χ0v) is 8.90. The number of hydrogen-bond donors (Lipinski definition) is 1. The Balaban J connectivity index is 2.07. The quantitative estimate of drug-likeness (QED) is 0.786. The average molecular weight is 194 g/mol. The van der Waals surface area contributed by atoms with Gasteiger partial charge in [0.2, 0.25) is 0 Å². The molecule has 2 rings (SSSR count). The van der Waals surface area contributed by atoms with Crippen LogP contribution >= 0.6 is 0 Å². The number of aryl methyl sites for hydroxylation is 1. The third kappa shape index (κ3) is 1.82. The molecule has 0 aromatic carbocycles. The molecule has 1 atom stereocenters. The van der Waals surface area contributed by atoms with Crippen LogP contribution in [-0.4, -0.2) is 21.5 Å². The highest BCUT2D eigenvalue weighted by atomic mass is 16.3. The van der Waals surface area contributed by atoms with E-state index in [9.17, 15) is 5.11 Å². The molecule has 1 heterocycles. The highest BCUT2D eigenvalue weighted by Gasteiger charge is 2.41. The molecule has 1 saturated carbocycles. The topological polar surface area (TPSA) is 38.0 Å². The molecule has 0 radical (unpaired) electrons. The van der Waals surface area contributed by atoms with E-state index in [1.807, 2.05) is 24.1 Å². The number of aromatic nitrogens is 2. The van der Waals surface area contributed by atoms with E-state index >= 15 is 0 Å². The van der Waals surface area contributed by atoms with E-state index < -0.39 is 0 Å². The Morgan fingerprint density at radius 1 is 1.64 bits per heavy atom. The summed E-state index contributed by atoms with van der Waals surface area (Å²) in [5.41, 5.74) is 1.30. The van der Waals surface area contributed by atoms with Crippen LogP contribution in [0.3, 0.4) is 0 Å². The number of aliphatic hydroxyl groups excluding tert-OH is 1. The summed E-state index contributed by atoms with van der Waals surface area (Å²) in [6.07, 6.45) is 7.43. The van der Waals surface area contributed by atoms with Gasteiger partial charge in [0.15, 0.2) is 0 Å². The molecule has 1 aliphatic rings. The van der Waals surface area contributed by atoms with Crippen molar-refractivity contribution >= 4 is 0 Å². The van der Waals surface area contributed by atoms with Crippen LogP contribution < -0.4 is 0 Å². The van der Waals surface area contributed by atoms with Crippen LogP contribution in [0.5, 0.6) is 0 Å². The van der Waals surface area contributed by atoms with Gasteiger partial charge < -0.3 is 5.11 Å². The Hall–Kier alpha value is -0.830. The van der Waals surface area contributed by atoms with Gasteiger partial charge in [-0.1, -0.05) is 6.92 Å². The molecule has 1 unspecified atom stereocenters. The van der Waals surface area contributed by atoms with Gasteiger partial charge in [-0.25, -0.2) is 0 Å². The van der Waals surface area contributed by atoms with Crippen molar-refractivity contribution in [3.05, 3.63) is 18.0 Å². The number of rotatable bonds is 4. The second kappa shape index (κ2) is 3.39. The zero-order valence-electron chi connectivity index (χ0n) is 8.90. The van der Waals surface area contributed by atoms with E-state index in [1.54, 1.807) is 0 Å². The summed E-state index contributed by atoms with van der Waals surface area (Å²) in [5, 5.41) is 13.6. The number of aliphatic hydroxyl groups is 1. The maximum atomic E-state index is 9.44. The Morgan fingerprint density at radius 3 is 2.79 bits per heavy atom. The van der Waals surface area contributed by atoms with Crippen molar-refractivity contribution in [3.8, 4) is 0 Å². The smallest absolute Gasteiger partial charge is 0.0521 e. The molecule has 0 amide bonds. The lowest BCUT2D eigenvalue weighted by atomic mass is 9.80. The third-order valence-corrected chi connectivity index (χ3v) is 3.29. The van der Waals surface area contributed by atoms with Gasteiger partial charge in [-0.05, 0) is 36.2 Å². The van der Waals surface area contributed by atoms with Crippen molar-refractivity contribution in [1.29, 1.82) is 0 Å². The van der Waals surface area contributed by atoms with Crippen LogP contribution in [0.1, 0.15) is 25.3 Å². The first-order valence-corrected chi connectivity index (χ1v) is 5.22. The summed E-state index contributed by atoms with van der Waals surface area (Å²) in [4.78, 5) is 0. The van der Waals surface area contributed by atoms with Gasteiger partial charge in [0.25, 0.3) is 0 Å². The summed E-state index contributed by atoms with van der Waals surface area (Å²) < 4.78 is 1.82. The number of hydrogen-bond acceptors (Lipinski definition) is 2. The van der Waals surface area contributed by atoms with Crippen LogP contribution in [0.2, 0.25) is 0 Å². The highest BCUT2D eigenvalue weighted by Crippen LogP contribution is 2.46. The molecule has 3 nitrogen and oxygen atoms in total. The molecular weight excluding hydrogens is 176 g/mol. The van der Waals surface area contributed by atoms with Crippen molar-refractivity contribution in [2.45, 2.75) is 26.2 Å². The van der Waals surface area contributed by atoms with E-state index in [0.717, 1.165) is 6.42 Å². The van der Waals surface area contributed by atoms with Gasteiger partial charge in [0.1, 0.15) is 0 Å². The van der Waals surface area contributed by atoms with E-state index in [2.05, 4.69) is 12.0 Å². The van der Waals surface area contributed by atoms with Crippen LogP contribution in [0.4, 0.5) is 0 Å². The van der Waals surface area contributed by atoms with Crippen LogP contribution in [0.25, 0.3) is 0 Å². The minimum atomic E-state index is 0.0725. The predicted octanol–water partition coefficient (Wildman–Crippen LogP) is 1.37. The first kappa shape index (κ1) is 9.71. The largest absolute Gasteiger partial charge is 0.396 e. The van der Waals surface area contributed by atoms with Crippen molar-refractivity contribution in [2.75, 3.05) is 6.61 Å². The molecule has 3 heteroatoms. The summed E-state index contributed by atoms with van der Waals surface area (Å²) in [5.74, 6) is 0.715. The minimum Gasteiger partial charge on any atom is -0.396 e. The highest BCUT2D eigenvalue weighted by molar-refractivity contribution is 5.09. The molecule has 0 spiro atoms. The summed E-state index contributed by atoms with van der Waals surface area (Å²) in [6.45, 7) is 2.46. The molecular formula is C11H18N2O. The molecule has 0 aliphatic heterocycles. The Bertz CT molecular complexity index is 317. The fraction of sp³-hybridized carbons (Fsp3) is 0.727. The maximum Gasteiger partial charge on any atom is 0.0521 e. The lowest BCUT2D eigenvalue weighted by molar-refractivity contribution is 0.119. The van der Waals surface area contributed by atoms with Crippen molar-refractivity contribution in [2.24, 2.45) is 18.4 Å². The van der Waals surface area contributed by atoms with Gasteiger partial charge in [-0.3, -0.25) is 4.68 Å². The second-order valence-corrected chi connectivity index (χ2v) is 4.79. The van der Waals surface area contributed by atoms with E-state index in [0.29, 0.717) is 5.92 Å². The molecule has 1 N–H and O–H groups in total. The normalized spacial score (nSPS) is 20.8. The second-order valence-electron chi connectivity index (χ2n) is 4.79. The standard InChI is InChI=1S/C11H18N2O/c1-11(8-14,10-3-4-10)5-9-6-12-13(2)7-9/h6-7,10,14H,3-5,8H2,1-2H3. The third-order valence-electron chi connectivity index (χ3n) is 3.29. The molecule has 1 aliphatic carbocycles. The lowest BCUT2D eigenvalue weighted by Crippen LogP contribution is -2.26. The molecule has 0 bridgehead atoms. The van der Waals surface area contributed by atoms with Crippen molar-refractivity contribution in [1.82, 2.24) is 9.78 Å². The van der Waals surface area contributed by atoms with Gasteiger partial charge >= 0.3 is 0 Å². The molecule has 1 aromatic rings. The summed E-state index contributed by atoms with van der Waals surface area (Å²) >= 11 is 0. The predicted molar refractivity (Wildman–Crippen MR) is 54.8 cm³/mol. The monoisotopic (exact) mass is 194 g/mol. The first-order chi connectivity index (χ1) is 6.64. The SMILES string of the molecule is Cn1cc(CC(C)(CO)C2CC2)cn1. The fourth-order valence-electron chi connectivity index (χ4n) is 2.14. The van der Waals surface area contributed by atoms with Gasteiger partial charge in [0, 0.05) is 19.9 Å². The van der Waals surface area contributed by atoms with Crippen LogP contribution in [-0.2, 0) is 13.5 Å². The van der Waals surface area contributed by atoms with E-state index in [-0.39, 0.29) is 12.0 Å². The molecule has 78 valence electrons. The van der Waals surface area contributed by atoms with Gasteiger partial charge in [0.05, 0.1) is 6.20 Å². The van der Waals surface area contributed by atoms with Gasteiger partial charge in [-0.15, -0.1) is 0 Å². The first-order valence-electron chi connectivity index (χ1n) is 5.22. The molecule has 14 heavy (non-hydrogen) atoms. The molecule has 1 fully saturated rings. The minimum absolute atomic E-state index is 0.0725. The van der Waals surface area contributed by atoms with Crippen LogP contribution in [0, 0.1) is 11.3 Å². The Kier molecular flexibility index (Phi) is 2.35. The van der Waals surface area contributed by atoms with Crippen molar-refractivity contribution < 1.29 is 5.11 Å². The van der Waals surface area contributed by atoms with E-state index in [1.165, 1.54) is 18.4 Å². The maximum absolute atomic E-state index is 9.44. The lowest BCUT2D eigenvalue weighted by Gasteiger charge is -2.26. The number of nitrogens with zero attached hydrogens (tertiary/aromatic N) is 2. The Morgan fingerprint density at radius 2 is 2.36 bits per heavy atom. The summed E-state index contributed by atoms with van der Waals surface area (Å²) in [7, 11) is 1.93. The zero-order chi connectivity index (χ0) is 10.2. The Labute approximate surface area is 84.7 Å². The van der Waals surface area contributed by atoms with Gasteiger partial charge in [-0.2, -0.15) is 5.10 Å². The van der Waals surface area contributed by atoms with E-state index in [4.69, 9.17) is 0 Å². The fourth-order valence-corrected chi connectivity index (χ4v) is 2.14. The molecule has 0 saturated heterocycles.